The van der Waals surface area contributed by atoms with Crippen LogP contribution in [0.1, 0.15) is 35.2 Å². The van der Waals surface area contributed by atoms with Gasteiger partial charge in [-0.15, -0.1) is 0 Å². The molecule has 1 unspecified atom stereocenters. The molecule has 2 N–H and O–H groups in total. The van der Waals surface area contributed by atoms with Crippen molar-refractivity contribution in [3.63, 3.8) is 0 Å². The van der Waals surface area contributed by atoms with Crippen LogP contribution in [0.25, 0.3) is 5.69 Å². The van der Waals surface area contributed by atoms with E-state index in [4.69, 9.17) is 15.6 Å². The van der Waals surface area contributed by atoms with Crippen LogP contribution in [0.15, 0.2) is 84.8 Å². The minimum absolute atomic E-state index is 0.129. The standard InChI is InChI=1S/C25H22N6O/c1-2-31-25-23(21(29-31)14-17-6-4-3-5-7-17)22(20(15-26)24(27)32-25)18-8-10-19(11-9-18)30-13-12-28-16-30/h3-13,16,22H,2,14,27H2,1H3. The summed E-state index contributed by atoms with van der Waals surface area (Å²) < 4.78 is 9.69. The number of allylic oxidation sites excluding steroid dienone is 1. The smallest absolute Gasteiger partial charge is 0.224 e. The van der Waals surface area contributed by atoms with E-state index in [2.05, 4.69) is 23.2 Å². The summed E-state index contributed by atoms with van der Waals surface area (Å²) in [5.74, 6) is 0.391. The van der Waals surface area contributed by atoms with E-state index in [-0.39, 0.29) is 11.8 Å². The van der Waals surface area contributed by atoms with E-state index in [1.807, 2.05) is 64.8 Å². The van der Waals surface area contributed by atoms with Gasteiger partial charge in [0.25, 0.3) is 0 Å². The van der Waals surface area contributed by atoms with Crippen molar-refractivity contribution in [1.29, 1.82) is 5.26 Å². The van der Waals surface area contributed by atoms with Crippen molar-refractivity contribution in [2.75, 3.05) is 0 Å². The third kappa shape index (κ3) is 3.32. The molecule has 4 aromatic rings. The number of hydrogen-bond donors (Lipinski definition) is 1. The molecule has 158 valence electrons. The third-order valence-electron chi connectivity index (χ3n) is 5.73. The molecule has 1 aliphatic heterocycles. The van der Waals surface area contributed by atoms with Gasteiger partial charge < -0.3 is 15.0 Å². The van der Waals surface area contributed by atoms with Crippen molar-refractivity contribution in [3.05, 3.63) is 107 Å². The molecule has 0 bridgehead atoms. The Labute approximate surface area is 186 Å². The molecule has 7 heteroatoms. The second-order valence-corrected chi connectivity index (χ2v) is 7.63. The zero-order valence-corrected chi connectivity index (χ0v) is 17.6. The van der Waals surface area contributed by atoms with Crippen LogP contribution in [0.2, 0.25) is 0 Å². The Morgan fingerprint density at radius 2 is 1.91 bits per heavy atom. The van der Waals surface area contributed by atoms with Gasteiger partial charge >= 0.3 is 0 Å². The van der Waals surface area contributed by atoms with E-state index in [1.165, 1.54) is 0 Å². The predicted molar refractivity (Wildman–Crippen MR) is 120 cm³/mol. The normalized spacial score (nSPS) is 15.2. The maximum atomic E-state index is 9.96. The van der Waals surface area contributed by atoms with Crippen LogP contribution in [-0.4, -0.2) is 19.3 Å². The number of aryl methyl sites for hydroxylation is 1. The number of benzene rings is 2. The molecule has 0 spiro atoms. The lowest BCUT2D eigenvalue weighted by Gasteiger charge is -2.25. The number of hydrogen-bond acceptors (Lipinski definition) is 5. The van der Waals surface area contributed by atoms with Gasteiger partial charge in [0.15, 0.2) is 0 Å². The van der Waals surface area contributed by atoms with Gasteiger partial charge in [-0.3, -0.25) is 0 Å². The van der Waals surface area contributed by atoms with Crippen LogP contribution in [0.5, 0.6) is 5.88 Å². The van der Waals surface area contributed by atoms with E-state index in [1.54, 1.807) is 12.5 Å². The van der Waals surface area contributed by atoms with Gasteiger partial charge in [0, 0.05) is 31.0 Å². The first-order chi connectivity index (χ1) is 15.7. The molecule has 0 aliphatic carbocycles. The van der Waals surface area contributed by atoms with Crippen molar-refractivity contribution in [2.24, 2.45) is 5.73 Å². The Morgan fingerprint density at radius 1 is 1.12 bits per heavy atom. The monoisotopic (exact) mass is 422 g/mol. The molecular formula is C25H22N6O. The number of rotatable bonds is 5. The van der Waals surface area contributed by atoms with Gasteiger partial charge in [-0.05, 0) is 30.2 Å². The topological polar surface area (TPSA) is 94.7 Å². The Morgan fingerprint density at radius 3 is 2.56 bits per heavy atom. The second-order valence-electron chi connectivity index (χ2n) is 7.63. The highest BCUT2D eigenvalue weighted by molar-refractivity contribution is 5.57. The molecule has 2 aromatic carbocycles. The first kappa shape index (κ1) is 19.6. The van der Waals surface area contributed by atoms with E-state index in [9.17, 15) is 5.26 Å². The lowest BCUT2D eigenvalue weighted by Crippen LogP contribution is -2.22. The van der Waals surface area contributed by atoms with Crippen LogP contribution < -0.4 is 10.5 Å². The molecule has 0 radical (unpaired) electrons. The highest BCUT2D eigenvalue weighted by atomic mass is 16.5. The first-order valence-electron chi connectivity index (χ1n) is 10.5. The molecule has 5 rings (SSSR count). The number of nitriles is 1. The molecule has 0 saturated heterocycles. The van der Waals surface area contributed by atoms with Crippen molar-refractivity contribution < 1.29 is 4.74 Å². The molecule has 0 fully saturated rings. The minimum Gasteiger partial charge on any atom is -0.422 e. The maximum Gasteiger partial charge on any atom is 0.224 e. The molecule has 0 saturated carbocycles. The molecule has 1 atom stereocenters. The van der Waals surface area contributed by atoms with Crippen molar-refractivity contribution >= 4 is 0 Å². The third-order valence-corrected chi connectivity index (χ3v) is 5.73. The summed E-state index contributed by atoms with van der Waals surface area (Å²) >= 11 is 0. The number of ether oxygens (including phenoxy) is 1. The van der Waals surface area contributed by atoms with Gasteiger partial charge in [0.05, 0.1) is 23.5 Å². The number of aromatic nitrogens is 4. The Kier molecular flexibility index (Phi) is 4.96. The van der Waals surface area contributed by atoms with Crippen molar-refractivity contribution in [3.8, 4) is 17.6 Å². The Hall–Kier alpha value is -4.31. The lowest BCUT2D eigenvalue weighted by atomic mass is 9.83. The van der Waals surface area contributed by atoms with E-state index in [0.717, 1.165) is 28.1 Å². The zero-order valence-electron chi connectivity index (χ0n) is 17.6. The summed E-state index contributed by atoms with van der Waals surface area (Å²) in [6.45, 7) is 2.65. The summed E-state index contributed by atoms with van der Waals surface area (Å²) in [6.07, 6.45) is 6.03. The van der Waals surface area contributed by atoms with E-state index < -0.39 is 0 Å². The maximum absolute atomic E-state index is 9.96. The second kappa shape index (κ2) is 8.08. The van der Waals surface area contributed by atoms with Crippen LogP contribution in [0, 0.1) is 11.3 Å². The number of fused-ring (bicyclic) bond motifs is 1. The van der Waals surface area contributed by atoms with Gasteiger partial charge in [-0.1, -0.05) is 42.5 Å². The van der Waals surface area contributed by atoms with Gasteiger partial charge in [0.1, 0.15) is 11.6 Å². The zero-order chi connectivity index (χ0) is 22.1. The first-order valence-corrected chi connectivity index (χ1v) is 10.5. The van der Waals surface area contributed by atoms with Crippen LogP contribution in [0.3, 0.4) is 0 Å². The molecule has 2 aromatic heterocycles. The van der Waals surface area contributed by atoms with Crippen LogP contribution >= 0.6 is 0 Å². The van der Waals surface area contributed by atoms with Crippen LogP contribution in [0.4, 0.5) is 0 Å². The highest BCUT2D eigenvalue weighted by Gasteiger charge is 2.36. The fourth-order valence-corrected chi connectivity index (χ4v) is 4.19. The number of imidazole rings is 1. The van der Waals surface area contributed by atoms with E-state index >= 15 is 0 Å². The fourth-order valence-electron chi connectivity index (χ4n) is 4.19. The average molecular weight is 422 g/mol. The molecular weight excluding hydrogens is 400 g/mol. The lowest BCUT2D eigenvalue weighted by molar-refractivity contribution is 0.350. The summed E-state index contributed by atoms with van der Waals surface area (Å²) in [6, 6.07) is 20.5. The molecule has 0 amide bonds. The van der Waals surface area contributed by atoms with Crippen LogP contribution in [-0.2, 0) is 13.0 Å². The Balaban J connectivity index is 1.64. The van der Waals surface area contributed by atoms with E-state index in [0.29, 0.717) is 24.4 Å². The van der Waals surface area contributed by atoms with Gasteiger partial charge in [0.2, 0.25) is 11.8 Å². The summed E-state index contributed by atoms with van der Waals surface area (Å²) in [5.41, 5.74) is 11.5. The van der Waals surface area contributed by atoms with Crippen molar-refractivity contribution in [2.45, 2.75) is 25.8 Å². The Bertz CT molecular complexity index is 1310. The molecule has 1 aliphatic rings. The number of nitrogens with two attached hydrogens (primary N) is 1. The SMILES string of the molecule is CCn1nc(Cc2ccccc2)c2c1OC(N)=C(C#N)C2c1ccc(-n2ccnc2)cc1. The summed E-state index contributed by atoms with van der Waals surface area (Å²) in [5, 5.41) is 14.8. The molecule has 3 heterocycles. The quantitative estimate of drug-likeness (QED) is 0.526. The minimum atomic E-state index is -0.348. The fraction of sp³-hybridized carbons (Fsp3) is 0.160. The largest absolute Gasteiger partial charge is 0.422 e. The molecule has 32 heavy (non-hydrogen) atoms. The van der Waals surface area contributed by atoms with Gasteiger partial charge in [-0.25, -0.2) is 9.67 Å². The summed E-state index contributed by atoms with van der Waals surface area (Å²) in [7, 11) is 0. The predicted octanol–water partition coefficient (Wildman–Crippen LogP) is 3.90. The van der Waals surface area contributed by atoms with Crippen molar-refractivity contribution in [1.82, 2.24) is 19.3 Å². The summed E-state index contributed by atoms with van der Waals surface area (Å²) in [4.78, 5) is 4.11. The molecule has 7 nitrogen and oxygen atoms in total. The average Bonchev–Trinajstić information content (AvgIpc) is 3.48. The highest BCUT2D eigenvalue weighted by Crippen LogP contribution is 2.44. The van der Waals surface area contributed by atoms with Gasteiger partial charge in [-0.2, -0.15) is 10.4 Å². The number of nitrogens with zero attached hydrogens (tertiary/aromatic N) is 5.